The van der Waals surface area contributed by atoms with Crippen LogP contribution in [0.3, 0.4) is 0 Å². The zero-order valence-electron chi connectivity index (χ0n) is 11.1. The minimum Gasteiger partial charge on any atom is -0.475 e. The third kappa shape index (κ3) is 2.66. The van der Waals surface area contributed by atoms with E-state index in [2.05, 4.69) is 4.98 Å². The molecule has 5 nitrogen and oxygen atoms in total. The molecular formula is C12H19NO4. The lowest BCUT2D eigenvalue weighted by Crippen LogP contribution is -2.21. The molecule has 0 aromatic carbocycles. The Morgan fingerprint density at radius 3 is 2.12 bits per heavy atom. The van der Waals surface area contributed by atoms with E-state index < -0.39 is 11.6 Å². The van der Waals surface area contributed by atoms with Crippen molar-refractivity contribution in [1.82, 2.24) is 4.98 Å². The zero-order chi connectivity index (χ0) is 13.4. The van der Waals surface area contributed by atoms with Crippen molar-refractivity contribution in [2.75, 3.05) is 7.11 Å². The summed E-state index contributed by atoms with van der Waals surface area (Å²) in [7, 11) is 1.53. The van der Waals surface area contributed by atoms with Crippen LogP contribution < -0.4 is 0 Å². The smallest absolute Gasteiger partial charge is 0.373 e. The monoisotopic (exact) mass is 241 g/mol. The molecule has 0 aliphatic rings. The van der Waals surface area contributed by atoms with Gasteiger partial charge in [-0.2, -0.15) is 0 Å². The summed E-state index contributed by atoms with van der Waals surface area (Å²) in [6.07, 6.45) is 0. The van der Waals surface area contributed by atoms with Crippen molar-refractivity contribution in [3.05, 3.63) is 17.3 Å². The highest BCUT2D eigenvalue weighted by molar-refractivity contribution is 5.86. The van der Waals surface area contributed by atoms with E-state index in [4.69, 9.17) is 14.3 Å². The topological polar surface area (TPSA) is 72.6 Å². The standard InChI is InChI=1S/C12H19NO4/c1-11(2,3)8-7(9(14)15)17-10(13-8)12(4,5)16-6/h1-6H3,(H,14,15). The minimum atomic E-state index is -1.11. The molecule has 5 heteroatoms. The average Bonchev–Trinajstić information content (AvgIpc) is 2.61. The van der Waals surface area contributed by atoms with Crippen molar-refractivity contribution in [3.8, 4) is 0 Å². The highest BCUT2D eigenvalue weighted by Crippen LogP contribution is 2.31. The molecular weight excluding hydrogens is 222 g/mol. The largest absolute Gasteiger partial charge is 0.475 e. The molecule has 1 rings (SSSR count). The van der Waals surface area contributed by atoms with E-state index in [-0.39, 0.29) is 17.1 Å². The van der Waals surface area contributed by atoms with Gasteiger partial charge < -0.3 is 14.3 Å². The molecule has 0 saturated carbocycles. The Bertz CT molecular complexity index is 426. The van der Waals surface area contributed by atoms with E-state index in [0.29, 0.717) is 5.69 Å². The molecule has 0 aliphatic carbocycles. The Balaban J connectivity index is 3.37. The third-order valence-electron chi connectivity index (χ3n) is 2.56. The lowest BCUT2D eigenvalue weighted by atomic mass is 9.91. The number of methoxy groups -OCH3 is 1. The van der Waals surface area contributed by atoms with Crippen LogP contribution in [0.15, 0.2) is 4.42 Å². The highest BCUT2D eigenvalue weighted by atomic mass is 16.5. The molecule has 1 N–H and O–H groups in total. The summed E-state index contributed by atoms with van der Waals surface area (Å²) in [5, 5.41) is 9.11. The molecule has 1 heterocycles. The number of ether oxygens (including phenoxy) is 1. The van der Waals surface area contributed by atoms with Crippen LogP contribution in [0.25, 0.3) is 0 Å². The van der Waals surface area contributed by atoms with Gasteiger partial charge in [-0.15, -0.1) is 0 Å². The molecule has 96 valence electrons. The van der Waals surface area contributed by atoms with Crippen LogP contribution in [-0.4, -0.2) is 23.2 Å². The van der Waals surface area contributed by atoms with Gasteiger partial charge in [-0.3, -0.25) is 0 Å². The van der Waals surface area contributed by atoms with Gasteiger partial charge in [0, 0.05) is 12.5 Å². The number of carbonyl (C=O) groups is 1. The van der Waals surface area contributed by atoms with Crippen LogP contribution in [0, 0.1) is 0 Å². The number of rotatable bonds is 3. The molecule has 17 heavy (non-hydrogen) atoms. The van der Waals surface area contributed by atoms with Gasteiger partial charge >= 0.3 is 5.97 Å². The average molecular weight is 241 g/mol. The highest BCUT2D eigenvalue weighted by Gasteiger charge is 2.34. The second-order valence-corrected chi connectivity index (χ2v) is 5.47. The van der Waals surface area contributed by atoms with Crippen molar-refractivity contribution in [3.63, 3.8) is 0 Å². The summed E-state index contributed by atoms with van der Waals surface area (Å²) < 4.78 is 10.6. The van der Waals surface area contributed by atoms with Crippen LogP contribution in [0.5, 0.6) is 0 Å². The summed E-state index contributed by atoms with van der Waals surface area (Å²) in [5.41, 5.74) is -0.697. The van der Waals surface area contributed by atoms with Crippen LogP contribution in [-0.2, 0) is 15.8 Å². The van der Waals surface area contributed by atoms with Gasteiger partial charge in [-0.25, -0.2) is 9.78 Å². The van der Waals surface area contributed by atoms with Gasteiger partial charge in [-0.1, -0.05) is 20.8 Å². The van der Waals surface area contributed by atoms with Crippen molar-refractivity contribution in [2.24, 2.45) is 0 Å². The molecule has 0 radical (unpaired) electrons. The minimum absolute atomic E-state index is 0.113. The van der Waals surface area contributed by atoms with Gasteiger partial charge in [0.1, 0.15) is 5.60 Å². The van der Waals surface area contributed by atoms with Crippen molar-refractivity contribution in [2.45, 2.75) is 45.6 Å². The van der Waals surface area contributed by atoms with Gasteiger partial charge in [0.2, 0.25) is 11.7 Å². The van der Waals surface area contributed by atoms with Crippen LogP contribution >= 0.6 is 0 Å². The molecule has 0 aliphatic heterocycles. The number of aromatic nitrogens is 1. The van der Waals surface area contributed by atoms with Crippen LogP contribution in [0.4, 0.5) is 0 Å². The van der Waals surface area contributed by atoms with E-state index in [9.17, 15) is 4.79 Å². The summed E-state index contributed by atoms with van der Waals surface area (Å²) >= 11 is 0. The Morgan fingerprint density at radius 1 is 1.29 bits per heavy atom. The molecule has 0 atom stereocenters. The maximum absolute atomic E-state index is 11.1. The van der Waals surface area contributed by atoms with E-state index in [1.807, 2.05) is 20.8 Å². The molecule has 0 spiro atoms. The number of hydrogen-bond donors (Lipinski definition) is 1. The number of aromatic carboxylic acids is 1. The zero-order valence-corrected chi connectivity index (χ0v) is 11.1. The summed E-state index contributed by atoms with van der Waals surface area (Å²) in [6, 6.07) is 0. The molecule has 0 saturated heterocycles. The fourth-order valence-corrected chi connectivity index (χ4v) is 1.32. The quantitative estimate of drug-likeness (QED) is 0.880. The van der Waals surface area contributed by atoms with Crippen molar-refractivity contribution < 1.29 is 19.1 Å². The lowest BCUT2D eigenvalue weighted by Gasteiger charge is -2.18. The number of hydrogen-bond acceptors (Lipinski definition) is 4. The first kappa shape index (κ1) is 13.7. The maximum atomic E-state index is 11.1. The third-order valence-corrected chi connectivity index (χ3v) is 2.56. The second-order valence-electron chi connectivity index (χ2n) is 5.47. The SMILES string of the molecule is COC(C)(C)c1nc(C(C)(C)C)c(C(=O)O)o1. The molecule has 1 aromatic rings. The Labute approximate surface area is 101 Å². The second kappa shape index (κ2) is 4.14. The first-order valence-electron chi connectivity index (χ1n) is 5.40. The first-order chi connectivity index (χ1) is 7.59. The normalized spacial score (nSPS) is 12.8. The van der Waals surface area contributed by atoms with E-state index in [1.165, 1.54) is 7.11 Å². The Kier molecular flexibility index (Phi) is 3.34. The molecule has 0 unspecified atom stereocenters. The Hall–Kier alpha value is -1.36. The molecule has 1 aromatic heterocycles. The van der Waals surface area contributed by atoms with Crippen LogP contribution in [0.1, 0.15) is 56.8 Å². The van der Waals surface area contributed by atoms with E-state index in [1.54, 1.807) is 13.8 Å². The molecule has 0 amide bonds. The van der Waals surface area contributed by atoms with Gasteiger partial charge in [0.15, 0.2) is 0 Å². The first-order valence-corrected chi connectivity index (χ1v) is 5.40. The van der Waals surface area contributed by atoms with Gasteiger partial charge in [0.25, 0.3) is 0 Å². The molecule has 0 bridgehead atoms. The van der Waals surface area contributed by atoms with Crippen LogP contribution in [0.2, 0.25) is 0 Å². The summed E-state index contributed by atoms with van der Waals surface area (Å²) in [4.78, 5) is 15.4. The maximum Gasteiger partial charge on any atom is 0.373 e. The predicted molar refractivity (Wildman–Crippen MR) is 62.2 cm³/mol. The fourth-order valence-electron chi connectivity index (χ4n) is 1.32. The van der Waals surface area contributed by atoms with E-state index in [0.717, 1.165) is 0 Å². The van der Waals surface area contributed by atoms with Gasteiger partial charge in [-0.05, 0) is 13.8 Å². The summed E-state index contributed by atoms with van der Waals surface area (Å²) in [5.74, 6) is -0.944. The Morgan fingerprint density at radius 2 is 1.82 bits per heavy atom. The van der Waals surface area contributed by atoms with Crippen molar-refractivity contribution in [1.29, 1.82) is 0 Å². The molecule has 0 fully saturated rings. The number of carboxylic acid groups (broad SMARTS) is 1. The lowest BCUT2D eigenvalue weighted by molar-refractivity contribution is -0.00473. The number of nitrogens with zero attached hydrogens (tertiary/aromatic N) is 1. The van der Waals surface area contributed by atoms with Gasteiger partial charge in [0.05, 0.1) is 5.69 Å². The van der Waals surface area contributed by atoms with E-state index >= 15 is 0 Å². The number of oxazole rings is 1. The van der Waals surface area contributed by atoms with Crippen molar-refractivity contribution >= 4 is 5.97 Å². The number of carboxylic acids is 1. The summed E-state index contributed by atoms with van der Waals surface area (Å²) in [6.45, 7) is 9.22. The fraction of sp³-hybridized carbons (Fsp3) is 0.667. The predicted octanol–water partition coefficient (Wildman–Crippen LogP) is 2.55.